The number of anilines is 1. The van der Waals surface area contributed by atoms with Crippen molar-refractivity contribution in [1.82, 2.24) is 4.72 Å². The lowest BCUT2D eigenvalue weighted by atomic mass is 10.3. The van der Waals surface area contributed by atoms with E-state index in [0.29, 0.717) is 0 Å². The summed E-state index contributed by atoms with van der Waals surface area (Å²) in [5.41, 5.74) is 5.29. The van der Waals surface area contributed by atoms with Crippen LogP contribution in [-0.2, 0) is 10.0 Å². The average Bonchev–Trinajstić information content (AvgIpc) is 2.17. The third-order valence-electron chi connectivity index (χ3n) is 1.79. The number of nitrogens with two attached hydrogens (primary N) is 1. The molecule has 0 fully saturated rings. The zero-order valence-corrected chi connectivity index (χ0v) is 9.44. The van der Waals surface area contributed by atoms with Crippen LogP contribution in [0.5, 0.6) is 0 Å². The summed E-state index contributed by atoms with van der Waals surface area (Å²) >= 11 is 0. The number of sulfonamides is 1. The van der Waals surface area contributed by atoms with Crippen molar-refractivity contribution in [3.8, 4) is 11.8 Å². The van der Waals surface area contributed by atoms with E-state index in [1.807, 2.05) is 0 Å². The summed E-state index contributed by atoms with van der Waals surface area (Å²) < 4.78 is 38.8. The monoisotopic (exact) mass is 242 g/mol. The maximum Gasteiger partial charge on any atom is 0.246 e. The second-order valence-corrected chi connectivity index (χ2v) is 4.61. The molecule has 1 aromatic rings. The summed E-state index contributed by atoms with van der Waals surface area (Å²) in [5, 5.41) is 0. The smallest absolute Gasteiger partial charge is 0.246 e. The van der Waals surface area contributed by atoms with Gasteiger partial charge in [0, 0.05) is 0 Å². The Bertz CT molecular complexity index is 523. The fraction of sp³-hybridized carbons (Fsp3) is 0.200. The topological polar surface area (TPSA) is 72.2 Å². The Morgan fingerprint density at radius 3 is 2.75 bits per heavy atom. The Morgan fingerprint density at radius 2 is 2.19 bits per heavy atom. The minimum Gasteiger partial charge on any atom is -0.398 e. The number of nitrogens with one attached hydrogen (secondary N) is 1. The largest absolute Gasteiger partial charge is 0.398 e. The second-order valence-electron chi connectivity index (χ2n) is 2.91. The minimum absolute atomic E-state index is 0.0768. The van der Waals surface area contributed by atoms with Crippen molar-refractivity contribution in [2.24, 2.45) is 0 Å². The lowest BCUT2D eigenvalue weighted by Crippen LogP contribution is -2.25. The molecule has 0 aliphatic heterocycles. The van der Waals surface area contributed by atoms with Gasteiger partial charge in [0.15, 0.2) is 0 Å². The summed E-state index contributed by atoms with van der Waals surface area (Å²) in [6.45, 7) is 1.50. The Balaban J connectivity index is 3.11. The average molecular weight is 242 g/mol. The van der Waals surface area contributed by atoms with Gasteiger partial charge in [-0.05, 0) is 19.1 Å². The molecule has 86 valence electrons. The van der Waals surface area contributed by atoms with Gasteiger partial charge in [0.1, 0.15) is 10.7 Å². The van der Waals surface area contributed by atoms with Gasteiger partial charge in [-0.25, -0.2) is 12.8 Å². The first-order valence-electron chi connectivity index (χ1n) is 4.42. The van der Waals surface area contributed by atoms with Crippen LogP contribution in [-0.4, -0.2) is 15.0 Å². The maximum absolute atomic E-state index is 13.3. The number of hydrogen-bond acceptors (Lipinski definition) is 3. The molecule has 0 saturated carbocycles. The Labute approximate surface area is 93.7 Å². The summed E-state index contributed by atoms with van der Waals surface area (Å²) in [4.78, 5) is -0.534. The first-order chi connectivity index (χ1) is 7.49. The maximum atomic E-state index is 13.3. The molecule has 0 bridgehead atoms. The van der Waals surface area contributed by atoms with Crippen LogP contribution in [0.15, 0.2) is 23.1 Å². The Kier molecular flexibility index (Phi) is 3.88. The number of benzene rings is 1. The molecule has 16 heavy (non-hydrogen) atoms. The van der Waals surface area contributed by atoms with Gasteiger partial charge in [-0.2, -0.15) is 4.72 Å². The van der Waals surface area contributed by atoms with Gasteiger partial charge in [0.2, 0.25) is 10.0 Å². The Morgan fingerprint density at radius 1 is 1.50 bits per heavy atom. The zero-order valence-electron chi connectivity index (χ0n) is 8.62. The molecule has 6 heteroatoms. The molecule has 3 N–H and O–H groups in total. The molecule has 1 aromatic carbocycles. The lowest BCUT2D eigenvalue weighted by molar-refractivity contribution is 0.561. The fourth-order valence-corrected chi connectivity index (χ4v) is 2.21. The highest BCUT2D eigenvalue weighted by Crippen LogP contribution is 2.20. The lowest BCUT2D eigenvalue weighted by Gasteiger charge is -2.07. The zero-order chi connectivity index (χ0) is 12.2. The van der Waals surface area contributed by atoms with Gasteiger partial charge >= 0.3 is 0 Å². The molecule has 4 nitrogen and oxygen atoms in total. The SMILES string of the molecule is CC#CCNS(=O)(=O)c1c(N)cccc1F. The van der Waals surface area contributed by atoms with Crippen LogP contribution in [0.25, 0.3) is 0 Å². The molecule has 0 atom stereocenters. The van der Waals surface area contributed by atoms with Gasteiger partial charge in [-0.15, -0.1) is 5.92 Å². The van der Waals surface area contributed by atoms with Gasteiger partial charge in [0.05, 0.1) is 12.2 Å². The van der Waals surface area contributed by atoms with Crippen molar-refractivity contribution in [2.75, 3.05) is 12.3 Å². The van der Waals surface area contributed by atoms with E-state index in [1.54, 1.807) is 6.92 Å². The van der Waals surface area contributed by atoms with E-state index in [9.17, 15) is 12.8 Å². The molecule has 0 heterocycles. The number of hydrogen-bond donors (Lipinski definition) is 2. The second kappa shape index (κ2) is 4.96. The van der Waals surface area contributed by atoms with Crippen molar-refractivity contribution >= 4 is 15.7 Å². The molecule has 0 aromatic heterocycles. The van der Waals surface area contributed by atoms with E-state index in [0.717, 1.165) is 6.07 Å². The standard InChI is InChI=1S/C10H11FN2O2S/c1-2-3-7-13-16(14,15)10-8(11)5-4-6-9(10)12/h4-6,13H,7,12H2,1H3. The van der Waals surface area contributed by atoms with Crippen LogP contribution in [0, 0.1) is 17.7 Å². The summed E-state index contributed by atoms with van der Waals surface area (Å²) in [5.74, 6) is 4.15. The van der Waals surface area contributed by atoms with E-state index >= 15 is 0 Å². The van der Waals surface area contributed by atoms with Crippen molar-refractivity contribution in [3.05, 3.63) is 24.0 Å². The molecule has 0 amide bonds. The van der Waals surface area contributed by atoms with Gasteiger partial charge in [-0.3, -0.25) is 0 Å². The molecule has 0 unspecified atom stereocenters. The van der Waals surface area contributed by atoms with Gasteiger partial charge in [0.25, 0.3) is 0 Å². The van der Waals surface area contributed by atoms with Crippen molar-refractivity contribution in [2.45, 2.75) is 11.8 Å². The molecular weight excluding hydrogens is 231 g/mol. The van der Waals surface area contributed by atoms with Gasteiger partial charge < -0.3 is 5.73 Å². The highest BCUT2D eigenvalue weighted by molar-refractivity contribution is 7.89. The number of nitrogen functional groups attached to an aromatic ring is 1. The van der Waals surface area contributed by atoms with E-state index in [-0.39, 0.29) is 12.2 Å². The quantitative estimate of drug-likeness (QED) is 0.605. The van der Waals surface area contributed by atoms with Crippen LogP contribution in [0.2, 0.25) is 0 Å². The van der Waals surface area contributed by atoms with E-state index in [2.05, 4.69) is 16.6 Å². The van der Waals surface area contributed by atoms with E-state index in [1.165, 1.54) is 12.1 Å². The van der Waals surface area contributed by atoms with Crippen LogP contribution in [0.3, 0.4) is 0 Å². The van der Waals surface area contributed by atoms with Crippen molar-refractivity contribution < 1.29 is 12.8 Å². The molecular formula is C10H11FN2O2S. The van der Waals surface area contributed by atoms with Crippen LogP contribution in [0.4, 0.5) is 10.1 Å². The third-order valence-corrected chi connectivity index (χ3v) is 3.29. The summed E-state index contributed by atoms with van der Waals surface area (Å²) in [7, 11) is -3.95. The molecule has 1 rings (SSSR count). The van der Waals surface area contributed by atoms with Crippen LogP contribution >= 0.6 is 0 Å². The van der Waals surface area contributed by atoms with E-state index in [4.69, 9.17) is 5.73 Å². The molecule has 0 aliphatic carbocycles. The van der Waals surface area contributed by atoms with Crippen molar-refractivity contribution in [1.29, 1.82) is 0 Å². The normalized spacial score (nSPS) is 10.6. The third kappa shape index (κ3) is 2.72. The fourth-order valence-electron chi connectivity index (χ4n) is 1.10. The van der Waals surface area contributed by atoms with Crippen LogP contribution < -0.4 is 10.5 Å². The predicted molar refractivity (Wildman–Crippen MR) is 59.5 cm³/mol. The van der Waals surface area contributed by atoms with E-state index < -0.39 is 20.7 Å². The summed E-state index contributed by atoms with van der Waals surface area (Å²) in [6.07, 6.45) is 0. The van der Waals surface area contributed by atoms with Crippen LogP contribution in [0.1, 0.15) is 6.92 Å². The first kappa shape index (κ1) is 12.5. The number of halogens is 1. The van der Waals surface area contributed by atoms with Crippen molar-refractivity contribution in [3.63, 3.8) is 0 Å². The first-order valence-corrected chi connectivity index (χ1v) is 5.90. The number of rotatable bonds is 3. The molecule has 0 saturated heterocycles. The minimum atomic E-state index is -3.95. The highest BCUT2D eigenvalue weighted by atomic mass is 32.2. The molecule has 0 aliphatic rings. The van der Waals surface area contributed by atoms with Gasteiger partial charge in [-0.1, -0.05) is 12.0 Å². The summed E-state index contributed by atoms with van der Waals surface area (Å²) in [6, 6.07) is 3.70. The molecule has 0 radical (unpaired) electrons. The Hall–Kier alpha value is -1.58. The highest BCUT2D eigenvalue weighted by Gasteiger charge is 2.21. The molecule has 0 spiro atoms. The predicted octanol–water partition coefficient (Wildman–Crippen LogP) is 0.709.